The van der Waals surface area contributed by atoms with Gasteiger partial charge in [-0.05, 0) is 12.8 Å². The minimum Gasteiger partial charge on any atom is -0.463 e. The number of ether oxygens (including phenoxy) is 6. The van der Waals surface area contributed by atoms with Gasteiger partial charge in [0.25, 0.3) is 0 Å². The van der Waals surface area contributed by atoms with E-state index in [1.54, 1.807) is 0 Å². The maximum atomic E-state index is 11.6. The van der Waals surface area contributed by atoms with Crippen molar-refractivity contribution in [1.29, 1.82) is 0 Å². The van der Waals surface area contributed by atoms with Crippen LogP contribution in [0.1, 0.15) is 142 Å². The second-order valence-electron chi connectivity index (χ2n) is 11.0. The van der Waals surface area contributed by atoms with Gasteiger partial charge in [-0.1, -0.05) is 123 Å². The summed E-state index contributed by atoms with van der Waals surface area (Å²) < 4.78 is 32.8. The molecule has 0 rings (SSSR count). The van der Waals surface area contributed by atoms with E-state index in [-0.39, 0.29) is 5.97 Å². The van der Waals surface area contributed by atoms with E-state index in [4.69, 9.17) is 28.4 Å². The Hall–Kier alpha value is -0.730. The molecule has 0 radical (unpaired) electrons. The van der Waals surface area contributed by atoms with Gasteiger partial charge in [0.05, 0.1) is 59.5 Å². The molecule has 0 heterocycles. The smallest absolute Gasteiger partial charge is 0.305 e. The van der Waals surface area contributed by atoms with Crippen molar-refractivity contribution in [1.82, 2.24) is 0 Å². The quantitative estimate of drug-likeness (QED) is 0.0537. The Labute approximate surface area is 254 Å². The maximum absolute atomic E-state index is 11.6. The van der Waals surface area contributed by atoms with E-state index in [1.807, 2.05) is 0 Å². The van der Waals surface area contributed by atoms with Gasteiger partial charge in [0.1, 0.15) is 6.61 Å². The lowest BCUT2D eigenvalue weighted by Crippen LogP contribution is -2.15. The molecule has 0 saturated carbocycles. The summed E-state index contributed by atoms with van der Waals surface area (Å²) in [4.78, 5) is 11.6. The summed E-state index contributed by atoms with van der Waals surface area (Å²) in [5.41, 5.74) is 0. The van der Waals surface area contributed by atoms with Gasteiger partial charge in [0.2, 0.25) is 0 Å². The Morgan fingerprint density at radius 3 is 1.02 bits per heavy atom. The predicted molar refractivity (Wildman–Crippen MR) is 169 cm³/mol. The standard InChI is InChI=1S/C34H68O7/c1-3-5-7-9-10-11-12-13-14-15-16-17-19-21-23-36-24-25-37-26-27-38-28-29-39-30-31-40-32-33-41-34(35)22-20-18-8-6-4-2/h3-33H2,1-2H3. The van der Waals surface area contributed by atoms with Gasteiger partial charge in [-0.15, -0.1) is 0 Å². The van der Waals surface area contributed by atoms with Crippen LogP contribution in [-0.4, -0.2) is 78.6 Å². The summed E-state index contributed by atoms with van der Waals surface area (Å²) in [6.45, 7) is 10.5. The van der Waals surface area contributed by atoms with Crippen molar-refractivity contribution in [2.75, 3.05) is 72.7 Å². The number of hydrogen-bond donors (Lipinski definition) is 0. The van der Waals surface area contributed by atoms with Crippen LogP contribution in [0.2, 0.25) is 0 Å². The number of unbranched alkanes of at least 4 members (excludes halogenated alkanes) is 17. The molecule has 7 heteroatoms. The molecule has 0 bridgehead atoms. The average Bonchev–Trinajstić information content (AvgIpc) is 2.98. The van der Waals surface area contributed by atoms with E-state index in [0.29, 0.717) is 72.5 Å². The normalized spacial score (nSPS) is 11.4. The van der Waals surface area contributed by atoms with Crippen LogP contribution in [-0.2, 0) is 33.2 Å². The molecule has 0 fully saturated rings. The lowest BCUT2D eigenvalue weighted by Gasteiger charge is -2.08. The van der Waals surface area contributed by atoms with Gasteiger partial charge in [0.15, 0.2) is 0 Å². The Morgan fingerprint density at radius 2 is 0.634 bits per heavy atom. The zero-order valence-corrected chi connectivity index (χ0v) is 27.3. The van der Waals surface area contributed by atoms with Crippen molar-refractivity contribution in [3.63, 3.8) is 0 Å². The molecule has 41 heavy (non-hydrogen) atoms. The molecule has 0 aromatic heterocycles. The van der Waals surface area contributed by atoms with E-state index in [9.17, 15) is 4.79 Å². The van der Waals surface area contributed by atoms with Crippen LogP contribution < -0.4 is 0 Å². The number of carbonyl (C=O) groups excluding carboxylic acids is 1. The van der Waals surface area contributed by atoms with Crippen LogP contribution in [0.5, 0.6) is 0 Å². The Balaban J connectivity index is 3.08. The van der Waals surface area contributed by atoms with E-state index < -0.39 is 0 Å². The lowest BCUT2D eigenvalue weighted by atomic mass is 10.0. The summed E-state index contributed by atoms with van der Waals surface area (Å²) in [6, 6.07) is 0. The molecule has 0 N–H and O–H groups in total. The van der Waals surface area contributed by atoms with Crippen molar-refractivity contribution in [3.05, 3.63) is 0 Å². The van der Waals surface area contributed by atoms with Crippen LogP contribution >= 0.6 is 0 Å². The second kappa shape index (κ2) is 37.3. The molecule has 7 nitrogen and oxygen atoms in total. The fourth-order valence-electron chi connectivity index (χ4n) is 4.54. The molecule has 0 spiro atoms. The summed E-state index contributed by atoms with van der Waals surface area (Å²) in [5.74, 6) is -0.129. The Bertz CT molecular complexity index is 490. The van der Waals surface area contributed by atoms with Crippen LogP contribution in [0.15, 0.2) is 0 Å². The highest BCUT2D eigenvalue weighted by atomic mass is 16.6. The molecular formula is C34H68O7. The third kappa shape index (κ3) is 37.2. The van der Waals surface area contributed by atoms with Crippen molar-refractivity contribution in [2.45, 2.75) is 142 Å². The van der Waals surface area contributed by atoms with Gasteiger partial charge >= 0.3 is 5.97 Å². The summed E-state index contributed by atoms with van der Waals surface area (Å²) in [6.07, 6.45) is 25.5. The molecule has 0 aliphatic rings. The van der Waals surface area contributed by atoms with Crippen molar-refractivity contribution in [3.8, 4) is 0 Å². The predicted octanol–water partition coefficient (Wildman–Crippen LogP) is 8.45. The van der Waals surface area contributed by atoms with Crippen LogP contribution in [0, 0.1) is 0 Å². The third-order valence-electron chi connectivity index (χ3n) is 7.11. The van der Waals surface area contributed by atoms with Crippen LogP contribution in [0.25, 0.3) is 0 Å². The van der Waals surface area contributed by atoms with Gasteiger partial charge < -0.3 is 28.4 Å². The van der Waals surface area contributed by atoms with E-state index in [1.165, 1.54) is 103 Å². The first kappa shape index (κ1) is 40.3. The molecule has 0 aliphatic heterocycles. The lowest BCUT2D eigenvalue weighted by molar-refractivity contribution is -0.145. The monoisotopic (exact) mass is 588 g/mol. The van der Waals surface area contributed by atoms with Crippen molar-refractivity contribution >= 4 is 5.97 Å². The van der Waals surface area contributed by atoms with E-state index in [2.05, 4.69) is 13.8 Å². The van der Waals surface area contributed by atoms with E-state index >= 15 is 0 Å². The Morgan fingerprint density at radius 1 is 0.341 bits per heavy atom. The number of rotatable bonds is 36. The summed E-state index contributed by atoms with van der Waals surface area (Å²) in [5, 5.41) is 0. The molecule has 0 saturated heterocycles. The Kier molecular flexibility index (Phi) is 36.6. The van der Waals surface area contributed by atoms with Gasteiger partial charge in [0, 0.05) is 13.0 Å². The molecule has 0 aromatic carbocycles. The zero-order valence-electron chi connectivity index (χ0n) is 27.3. The van der Waals surface area contributed by atoms with Gasteiger partial charge in [-0.25, -0.2) is 0 Å². The molecule has 246 valence electrons. The average molecular weight is 589 g/mol. The molecule has 0 aliphatic carbocycles. The fourth-order valence-corrected chi connectivity index (χ4v) is 4.54. The highest BCUT2D eigenvalue weighted by molar-refractivity contribution is 5.69. The zero-order chi connectivity index (χ0) is 29.7. The molecule has 0 unspecified atom stereocenters. The van der Waals surface area contributed by atoms with Crippen LogP contribution in [0.3, 0.4) is 0 Å². The molecule has 0 amide bonds. The highest BCUT2D eigenvalue weighted by Gasteiger charge is 2.02. The number of esters is 1. The largest absolute Gasteiger partial charge is 0.463 e. The third-order valence-corrected chi connectivity index (χ3v) is 7.11. The molecular weight excluding hydrogens is 520 g/mol. The topological polar surface area (TPSA) is 72.5 Å². The van der Waals surface area contributed by atoms with Gasteiger partial charge in [-0.3, -0.25) is 4.79 Å². The highest BCUT2D eigenvalue weighted by Crippen LogP contribution is 2.13. The van der Waals surface area contributed by atoms with Crippen molar-refractivity contribution < 1.29 is 33.2 Å². The number of hydrogen-bond acceptors (Lipinski definition) is 7. The SMILES string of the molecule is CCCCCCCCCCCCCCCCOCCOCCOCCOCCOCCOC(=O)CCCCCCC. The summed E-state index contributed by atoms with van der Waals surface area (Å²) in [7, 11) is 0. The first-order chi connectivity index (χ1) is 20.3. The maximum Gasteiger partial charge on any atom is 0.305 e. The first-order valence-electron chi connectivity index (χ1n) is 17.4. The fraction of sp³-hybridized carbons (Fsp3) is 0.971. The number of carbonyl (C=O) groups is 1. The minimum atomic E-state index is -0.129. The minimum absolute atomic E-state index is 0.129. The molecule has 0 atom stereocenters. The first-order valence-corrected chi connectivity index (χ1v) is 17.4. The summed E-state index contributed by atoms with van der Waals surface area (Å²) >= 11 is 0. The van der Waals surface area contributed by atoms with Crippen LogP contribution in [0.4, 0.5) is 0 Å². The van der Waals surface area contributed by atoms with E-state index in [0.717, 1.165) is 25.9 Å². The molecule has 0 aromatic rings. The second-order valence-corrected chi connectivity index (χ2v) is 11.0. The van der Waals surface area contributed by atoms with Crippen molar-refractivity contribution in [2.24, 2.45) is 0 Å². The van der Waals surface area contributed by atoms with Gasteiger partial charge in [-0.2, -0.15) is 0 Å².